The summed E-state index contributed by atoms with van der Waals surface area (Å²) in [5.41, 5.74) is 5.50. The highest BCUT2D eigenvalue weighted by Gasteiger charge is 2.22. The molecule has 0 aromatic carbocycles. The number of hydrogen-bond acceptors (Lipinski definition) is 4. The third-order valence-electron chi connectivity index (χ3n) is 3.04. The summed E-state index contributed by atoms with van der Waals surface area (Å²) in [4.78, 5) is 13.6. The van der Waals surface area contributed by atoms with Crippen molar-refractivity contribution in [2.24, 2.45) is 16.8 Å². The summed E-state index contributed by atoms with van der Waals surface area (Å²) in [5.74, 6) is -0.0500. The lowest BCUT2D eigenvalue weighted by atomic mass is 10.1. The van der Waals surface area contributed by atoms with Crippen LogP contribution in [0.4, 0.5) is 4.79 Å². The SMILES string of the molecule is CCN(CC(C)C(N)=NO)C(=O)NC1CCOC1. The molecule has 1 rings (SSSR count). The van der Waals surface area contributed by atoms with Crippen LogP contribution in [0.3, 0.4) is 0 Å². The van der Waals surface area contributed by atoms with E-state index in [9.17, 15) is 4.79 Å². The van der Waals surface area contributed by atoms with E-state index in [-0.39, 0.29) is 23.8 Å². The van der Waals surface area contributed by atoms with E-state index in [1.807, 2.05) is 13.8 Å². The number of oxime groups is 1. The lowest BCUT2D eigenvalue weighted by Crippen LogP contribution is -2.47. The fourth-order valence-corrected chi connectivity index (χ4v) is 1.79. The van der Waals surface area contributed by atoms with Gasteiger partial charge in [-0.05, 0) is 13.3 Å². The standard InChI is InChI=1S/C11H22N4O3/c1-3-15(6-8(2)10(12)14-17)11(16)13-9-4-5-18-7-9/h8-9,17H,3-7H2,1-2H3,(H2,12,14)(H,13,16). The fourth-order valence-electron chi connectivity index (χ4n) is 1.79. The summed E-state index contributed by atoms with van der Waals surface area (Å²) >= 11 is 0. The number of rotatable bonds is 5. The minimum Gasteiger partial charge on any atom is -0.409 e. The second-order valence-corrected chi connectivity index (χ2v) is 4.47. The monoisotopic (exact) mass is 258 g/mol. The molecule has 0 aliphatic carbocycles. The number of nitrogens with one attached hydrogen (secondary N) is 1. The van der Waals surface area contributed by atoms with Crippen molar-refractivity contribution in [3.8, 4) is 0 Å². The van der Waals surface area contributed by atoms with Gasteiger partial charge in [-0.1, -0.05) is 12.1 Å². The van der Waals surface area contributed by atoms with E-state index in [2.05, 4.69) is 10.5 Å². The van der Waals surface area contributed by atoms with Crippen LogP contribution in [0.25, 0.3) is 0 Å². The van der Waals surface area contributed by atoms with Gasteiger partial charge in [0.1, 0.15) is 5.84 Å². The van der Waals surface area contributed by atoms with Crippen LogP contribution in [0.15, 0.2) is 5.16 Å². The molecule has 0 aromatic heterocycles. The summed E-state index contributed by atoms with van der Waals surface area (Å²) in [6, 6.07) is -0.0451. The van der Waals surface area contributed by atoms with Gasteiger partial charge in [0.15, 0.2) is 0 Å². The topological polar surface area (TPSA) is 100 Å². The maximum absolute atomic E-state index is 12.0. The summed E-state index contributed by atoms with van der Waals surface area (Å²) in [7, 11) is 0. The van der Waals surface area contributed by atoms with Crippen LogP contribution in [-0.4, -0.2) is 54.3 Å². The summed E-state index contributed by atoms with van der Waals surface area (Å²) in [6.45, 7) is 5.96. The smallest absolute Gasteiger partial charge is 0.317 e. The molecule has 4 N–H and O–H groups in total. The molecule has 1 fully saturated rings. The van der Waals surface area contributed by atoms with Gasteiger partial charge in [0.2, 0.25) is 0 Å². The fraction of sp³-hybridized carbons (Fsp3) is 0.818. The molecule has 7 nitrogen and oxygen atoms in total. The Kier molecular flexibility index (Phi) is 5.70. The molecule has 1 aliphatic heterocycles. The Balaban J connectivity index is 2.46. The molecule has 0 radical (unpaired) electrons. The van der Waals surface area contributed by atoms with Gasteiger partial charge in [-0.3, -0.25) is 0 Å². The van der Waals surface area contributed by atoms with Crippen LogP contribution in [0.1, 0.15) is 20.3 Å². The number of hydrogen-bond donors (Lipinski definition) is 3. The van der Waals surface area contributed by atoms with Crippen LogP contribution in [-0.2, 0) is 4.74 Å². The van der Waals surface area contributed by atoms with Gasteiger partial charge < -0.3 is 25.9 Å². The van der Waals surface area contributed by atoms with Gasteiger partial charge >= 0.3 is 6.03 Å². The first-order chi connectivity index (χ1) is 8.58. The van der Waals surface area contributed by atoms with E-state index < -0.39 is 0 Å². The van der Waals surface area contributed by atoms with E-state index in [1.54, 1.807) is 4.90 Å². The Morgan fingerprint density at radius 1 is 1.72 bits per heavy atom. The van der Waals surface area contributed by atoms with Crippen molar-refractivity contribution in [3.63, 3.8) is 0 Å². The zero-order valence-corrected chi connectivity index (χ0v) is 10.9. The predicted molar refractivity (Wildman–Crippen MR) is 67.6 cm³/mol. The Hall–Kier alpha value is -1.50. The number of urea groups is 1. The predicted octanol–water partition coefficient (Wildman–Crippen LogP) is 0.189. The zero-order chi connectivity index (χ0) is 13.5. The lowest BCUT2D eigenvalue weighted by molar-refractivity contribution is 0.177. The Morgan fingerprint density at radius 2 is 2.44 bits per heavy atom. The highest BCUT2D eigenvalue weighted by molar-refractivity contribution is 5.83. The molecular formula is C11H22N4O3. The maximum Gasteiger partial charge on any atom is 0.317 e. The molecule has 2 unspecified atom stereocenters. The van der Waals surface area contributed by atoms with E-state index in [0.29, 0.717) is 26.3 Å². The van der Waals surface area contributed by atoms with Crippen LogP contribution in [0.2, 0.25) is 0 Å². The van der Waals surface area contributed by atoms with Crippen molar-refractivity contribution in [1.82, 2.24) is 10.2 Å². The van der Waals surface area contributed by atoms with E-state index >= 15 is 0 Å². The Morgan fingerprint density at radius 3 is 2.94 bits per heavy atom. The quantitative estimate of drug-likeness (QED) is 0.283. The molecule has 0 bridgehead atoms. The minimum absolute atomic E-state index is 0.0886. The average Bonchev–Trinajstić information content (AvgIpc) is 2.87. The largest absolute Gasteiger partial charge is 0.409 e. The third kappa shape index (κ3) is 4.06. The molecule has 1 heterocycles. The van der Waals surface area contributed by atoms with Crippen molar-refractivity contribution in [2.75, 3.05) is 26.3 Å². The van der Waals surface area contributed by atoms with Crippen LogP contribution >= 0.6 is 0 Å². The van der Waals surface area contributed by atoms with E-state index in [0.717, 1.165) is 6.42 Å². The van der Waals surface area contributed by atoms with Crippen LogP contribution in [0.5, 0.6) is 0 Å². The molecule has 18 heavy (non-hydrogen) atoms. The number of amides is 2. The molecule has 0 aromatic rings. The van der Waals surface area contributed by atoms with Gasteiger partial charge in [0.25, 0.3) is 0 Å². The van der Waals surface area contributed by atoms with Gasteiger partial charge in [-0.15, -0.1) is 0 Å². The second kappa shape index (κ2) is 7.05. The lowest BCUT2D eigenvalue weighted by Gasteiger charge is -2.25. The van der Waals surface area contributed by atoms with Crippen LogP contribution < -0.4 is 11.1 Å². The van der Waals surface area contributed by atoms with Gasteiger partial charge in [0, 0.05) is 25.6 Å². The van der Waals surface area contributed by atoms with Gasteiger partial charge in [-0.2, -0.15) is 0 Å². The van der Waals surface area contributed by atoms with Gasteiger partial charge in [0.05, 0.1) is 12.6 Å². The van der Waals surface area contributed by atoms with Crippen molar-refractivity contribution < 1.29 is 14.7 Å². The van der Waals surface area contributed by atoms with E-state index in [1.165, 1.54) is 0 Å². The van der Waals surface area contributed by atoms with Crippen molar-refractivity contribution in [3.05, 3.63) is 0 Å². The average molecular weight is 258 g/mol. The normalized spacial score (nSPS) is 21.7. The highest BCUT2D eigenvalue weighted by atomic mass is 16.5. The van der Waals surface area contributed by atoms with Crippen molar-refractivity contribution in [1.29, 1.82) is 0 Å². The number of nitrogens with zero attached hydrogens (tertiary/aromatic N) is 2. The highest BCUT2D eigenvalue weighted by Crippen LogP contribution is 2.06. The second-order valence-electron chi connectivity index (χ2n) is 4.47. The molecule has 0 spiro atoms. The number of amidine groups is 1. The number of carbonyl (C=O) groups excluding carboxylic acids is 1. The summed E-state index contributed by atoms with van der Waals surface area (Å²) < 4.78 is 5.20. The minimum atomic E-state index is -0.180. The molecule has 7 heteroatoms. The maximum atomic E-state index is 12.0. The molecule has 1 saturated heterocycles. The summed E-state index contributed by atoms with van der Waals surface area (Å²) in [5, 5.41) is 14.5. The number of nitrogens with two attached hydrogens (primary N) is 1. The first-order valence-corrected chi connectivity index (χ1v) is 6.19. The molecule has 1 aliphatic rings. The number of carbonyl (C=O) groups is 1. The third-order valence-corrected chi connectivity index (χ3v) is 3.04. The van der Waals surface area contributed by atoms with Crippen molar-refractivity contribution >= 4 is 11.9 Å². The molecule has 2 amide bonds. The van der Waals surface area contributed by atoms with Crippen LogP contribution in [0, 0.1) is 5.92 Å². The van der Waals surface area contributed by atoms with Gasteiger partial charge in [-0.25, -0.2) is 4.79 Å². The molecule has 104 valence electrons. The zero-order valence-electron chi connectivity index (χ0n) is 10.9. The Labute approximate surface area is 107 Å². The number of ether oxygens (including phenoxy) is 1. The first-order valence-electron chi connectivity index (χ1n) is 6.19. The Bertz CT molecular complexity index is 303. The molecular weight excluding hydrogens is 236 g/mol. The molecule has 2 atom stereocenters. The van der Waals surface area contributed by atoms with E-state index in [4.69, 9.17) is 15.7 Å². The van der Waals surface area contributed by atoms with Crippen molar-refractivity contribution in [2.45, 2.75) is 26.3 Å². The summed E-state index contributed by atoms with van der Waals surface area (Å²) in [6.07, 6.45) is 0.846. The molecule has 0 saturated carbocycles. The first kappa shape index (κ1) is 14.6.